The molecule has 0 fully saturated rings. The molecular formula is C12H27N3O. The number of nitrogens with two attached hydrogens (primary N) is 1. The van der Waals surface area contributed by atoms with E-state index in [0.717, 1.165) is 19.4 Å². The van der Waals surface area contributed by atoms with Crippen molar-refractivity contribution in [1.29, 1.82) is 0 Å². The quantitative estimate of drug-likeness (QED) is 0.648. The highest BCUT2D eigenvalue weighted by Gasteiger charge is 2.08. The van der Waals surface area contributed by atoms with E-state index < -0.39 is 0 Å². The van der Waals surface area contributed by atoms with Gasteiger partial charge in [0.05, 0.1) is 0 Å². The molecule has 0 aliphatic heterocycles. The number of carbonyl (C=O) groups excluding carboxylic acids is 1. The Labute approximate surface area is 99.6 Å². The van der Waals surface area contributed by atoms with Crippen LogP contribution in [0.2, 0.25) is 0 Å². The van der Waals surface area contributed by atoms with Crippen LogP contribution in [0.15, 0.2) is 0 Å². The van der Waals surface area contributed by atoms with Gasteiger partial charge in [-0.2, -0.15) is 0 Å². The summed E-state index contributed by atoms with van der Waals surface area (Å²) in [6.45, 7) is 5.66. The third-order valence-corrected chi connectivity index (χ3v) is 3.00. The van der Waals surface area contributed by atoms with Gasteiger partial charge in [0.15, 0.2) is 0 Å². The lowest BCUT2D eigenvalue weighted by Gasteiger charge is -2.20. The molecule has 3 N–H and O–H groups in total. The second kappa shape index (κ2) is 8.53. The zero-order valence-electron chi connectivity index (χ0n) is 11.1. The molecule has 0 aliphatic rings. The Kier molecular flexibility index (Phi) is 8.21. The maximum Gasteiger partial charge on any atom is 0.220 e. The molecule has 2 atom stereocenters. The molecule has 4 nitrogen and oxygen atoms in total. The van der Waals surface area contributed by atoms with Crippen LogP contribution in [0.4, 0.5) is 0 Å². The Balaban J connectivity index is 3.59. The number of carbonyl (C=O) groups is 1. The van der Waals surface area contributed by atoms with Crippen LogP contribution in [0.3, 0.4) is 0 Å². The van der Waals surface area contributed by atoms with E-state index in [0.29, 0.717) is 24.9 Å². The van der Waals surface area contributed by atoms with Crippen molar-refractivity contribution in [3.8, 4) is 0 Å². The van der Waals surface area contributed by atoms with Gasteiger partial charge in [-0.3, -0.25) is 4.79 Å². The van der Waals surface area contributed by atoms with Crippen LogP contribution >= 0.6 is 0 Å². The molecule has 0 aromatic rings. The number of likely N-dealkylation sites (N-methyl/N-ethyl adjacent to an activating group) is 1. The van der Waals surface area contributed by atoms with Crippen molar-refractivity contribution in [3.05, 3.63) is 0 Å². The number of hydrogen-bond acceptors (Lipinski definition) is 3. The predicted octanol–water partition coefficient (Wildman–Crippen LogP) is 0.818. The summed E-state index contributed by atoms with van der Waals surface area (Å²) in [7, 11) is 4.03. The van der Waals surface area contributed by atoms with E-state index in [2.05, 4.69) is 24.1 Å². The van der Waals surface area contributed by atoms with E-state index in [9.17, 15) is 4.79 Å². The smallest absolute Gasteiger partial charge is 0.220 e. The highest BCUT2D eigenvalue weighted by Crippen LogP contribution is 2.08. The van der Waals surface area contributed by atoms with Crippen molar-refractivity contribution >= 4 is 5.91 Å². The van der Waals surface area contributed by atoms with Crippen LogP contribution in [0.1, 0.15) is 33.1 Å². The Morgan fingerprint density at radius 1 is 1.31 bits per heavy atom. The van der Waals surface area contributed by atoms with Gasteiger partial charge in [0, 0.05) is 19.0 Å². The first-order chi connectivity index (χ1) is 7.47. The normalized spacial score (nSPS) is 14.9. The van der Waals surface area contributed by atoms with Crippen LogP contribution in [-0.4, -0.2) is 44.0 Å². The van der Waals surface area contributed by atoms with Gasteiger partial charge < -0.3 is 16.0 Å². The van der Waals surface area contributed by atoms with Crippen molar-refractivity contribution in [1.82, 2.24) is 10.2 Å². The molecule has 4 heteroatoms. The molecule has 0 saturated heterocycles. The fraction of sp³-hybridized carbons (Fsp3) is 0.917. The Morgan fingerprint density at radius 2 is 1.94 bits per heavy atom. The number of rotatable bonds is 8. The summed E-state index contributed by atoms with van der Waals surface area (Å²) in [5.41, 5.74) is 5.46. The summed E-state index contributed by atoms with van der Waals surface area (Å²) < 4.78 is 0. The van der Waals surface area contributed by atoms with Crippen LogP contribution < -0.4 is 11.1 Å². The summed E-state index contributed by atoms with van der Waals surface area (Å²) in [5.74, 6) is 0.694. The highest BCUT2D eigenvalue weighted by atomic mass is 16.1. The molecule has 0 saturated carbocycles. The zero-order chi connectivity index (χ0) is 12.6. The van der Waals surface area contributed by atoms with Gasteiger partial charge in [-0.05, 0) is 46.3 Å². The third-order valence-electron chi connectivity index (χ3n) is 3.00. The minimum absolute atomic E-state index is 0.151. The molecule has 1 amide bonds. The zero-order valence-corrected chi connectivity index (χ0v) is 11.1. The Hall–Kier alpha value is -0.610. The van der Waals surface area contributed by atoms with Gasteiger partial charge in [0.25, 0.3) is 0 Å². The molecule has 0 aromatic carbocycles. The van der Waals surface area contributed by atoms with E-state index in [-0.39, 0.29) is 5.91 Å². The Morgan fingerprint density at radius 3 is 2.44 bits per heavy atom. The molecule has 0 aromatic heterocycles. The number of amides is 1. The molecule has 96 valence electrons. The molecule has 2 unspecified atom stereocenters. The summed E-state index contributed by atoms with van der Waals surface area (Å²) in [6, 6.07) is 0.380. The monoisotopic (exact) mass is 229 g/mol. The molecule has 0 rings (SSSR count). The van der Waals surface area contributed by atoms with E-state index in [1.807, 2.05) is 14.1 Å². The first kappa shape index (κ1) is 15.4. The SMILES string of the molecule is CC(CCN)CCC(=O)NCC(C)N(C)C. The molecule has 0 aliphatic carbocycles. The lowest BCUT2D eigenvalue weighted by atomic mass is 10.0. The van der Waals surface area contributed by atoms with Crippen molar-refractivity contribution < 1.29 is 4.79 Å². The predicted molar refractivity (Wildman–Crippen MR) is 68.2 cm³/mol. The largest absolute Gasteiger partial charge is 0.355 e. The first-order valence-electron chi connectivity index (χ1n) is 6.10. The van der Waals surface area contributed by atoms with E-state index in [4.69, 9.17) is 5.73 Å². The third kappa shape index (κ3) is 7.65. The molecule has 0 spiro atoms. The number of nitrogens with one attached hydrogen (secondary N) is 1. The van der Waals surface area contributed by atoms with E-state index in [1.54, 1.807) is 0 Å². The minimum Gasteiger partial charge on any atom is -0.355 e. The van der Waals surface area contributed by atoms with Gasteiger partial charge in [-0.25, -0.2) is 0 Å². The average Bonchev–Trinajstić information content (AvgIpc) is 2.23. The van der Waals surface area contributed by atoms with Gasteiger partial charge in [0.2, 0.25) is 5.91 Å². The first-order valence-corrected chi connectivity index (χ1v) is 6.10. The van der Waals surface area contributed by atoms with Crippen molar-refractivity contribution in [2.75, 3.05) is 27.2 Å². The van der Waals surface area contributed by atoms with Gasteiger partial charge in [-0.1, -0.05) is 6.92 Å². The summed E-state index contributed by atoms with van der Waals surface area (Å²) >= 11 is 0. The molecule has 0 radical (unpaired) electrons. The van der Waals surface area contributed by atoms with Crippen molar-refractivity contribution in [3.63, 3.8) is 0 Å². The standard InChI is InChI=1S/C12H27N3O/c1-10(7-8-13)5-6-12(16)14-9-11(2)15(3)4/h10-11H,5-9,13H2,1-4H3,(H,14,16). The lowest BCUT2D eigenvalue weighted by molar-refractivity contribution is -0.121. The summed E-state index contributed by atoms with van der Waals surface area (Å²) in [6.07, 6.45) is 2.54. The number of nitrogens with zero attached hydrogens (tertiary/aromatic N) is 1. The maximum atomic E-state index is 11.5. The second-order valence-corrected chi connectivity index (χ2v) is 4.84. The summed E-state index contributed by atoms with van der Waals surface area (Å²) in [5, 5.41) is 2.95. The maximum absolute atomic E-state index is 11.5. The van der Waals surface area contributed by atoms with Crippen LogP contribution in [-0.2, 0) is 4.79 Å². The van der Waals surface area contributed by atoms with Crippen molar-refractivity contribution in [2.24, 2.45) is 11.7 Å². The highest BCUT2D eigenvalue weighted by molar-refractivity contribution is 5.75. The molecular weight excluding hydrogens is 202 g/mol. The molecule has 0 bridgehead atoms. The van der Waals surface area contributed by atoms with Crippen LogP contribution in [0.25, 0.3) is 0 Å². The fourth-order valence-electron chi connectivity index (χ4n) is 1.34. The van der Waals surface area contributed by atoms with Crippen LogP contribution in [0.5, 0.6) is 0 Å². The van der Waals surface area contributed by atoms with E-state index >= 15 is 0 Å². The second-order valence-electron chi connectivity index (χ2n) is 4.84. The average molecular weight is 229 g/mol. The molecule has 0 heterocycles. The fourth-order valence-corrected chi connectivity index (χ4v) is 1.34. The summed E-state index contributed by atoms with van der Waals surface area (Å²) in [4.78, 5) is 13.6. The molecule has 16 heavy (non-hydrogen) atoms. The topological polar surface area (TPSA) is 58.4 Å². The van der Waals surface area contributed by atoms with Gasteiger partial charge >= 0.3 is 0 Å². The Bertz CT molecular complexity index is 195. The van der Waals surface area contributed by atoms with Crippen LogP contribution in [0, 0.1) is 5.92 Å². The van der Waals surface area contributed by atoms with Gasteiger partial charge in [0.1, 0.15) is 0 Å². The lowest BCUT2D eigenvalue weighted by Crippen LogP contribution is -2.38. The minimum atomic E-state index is 0.151. The van der Waals surface area contributed by atoms with Gasteiger partial charge in [-0.15, -0.1) is 0 Å². The van der Waals surface area contributed by atoms with Crippen molar-refractivity contribution in [2.45, 2.75) is 39.2 Å². The number of hydrogen-bond donors (Lipinski definition) is 2. The van der Waals surface area contributed by atoms with E-state index in [1.165, 1.54) is 0 Å².